The van der Waals surface area contributed by atoms with E-state index in [0.717, 1.165) is 5.56 Å². The van der Waals surface area contributed by atoms with E-state index in [1.165, 1.54) is 16.3 Å². The zero-order chi connectivity index (χ0) is 22.8. The van der Waals surface area contributed by atoms with Crippen molar-refractivity contribution in [2.45, 2.75) is 30.9 Å². The first-order valence-electron chi connectivity index (χ1n) is 9.88. The van der Waals surface area contributed by atoms with Crippen LogP contribution in [0.5, 0.6) is 5.75 Å². The Kier molecular flexibility index (Phi) is 7.01. The van der Waals surface area contributed by atoms with Crippen LogP contribution in [0.1, 0.15) is 19.4 Å². The summed E-state index contributed by atoms with van der Waals surface area (Å²) in [7, 11) is 0. The van der Waals surface area contributed by atoms with Crippen LogP contribution in [0.3, 0.4) is 0 Å². The lowest BCUT2D eigenvalue weighted by Gasteiger charge is -2.18. The minimum atomic E-state index is -0.271. The molecule has 4 aromatic rings. The number of halogens is 3. The number of ether oxygens (including phenoxy) is 1. The van der Waals surface area contributed by atoms with Crippen LogP contribution in [0, 0.1) is 0 Å². The first kappa shape index (κ1) is 23.0. The third-order valence-corrected chi connectivity index (χ3v) is 6.46. The second kappa shape index (κ2) is 9.75. The van der Waals surface area contributed by atoms with Gasteiger partial charge in [0.25, 0.3) is 5.56 Å². The van der Waals surface area contributed by atoms with Crippen molar-refractivity contribution in [1.82, 2.24) is 9.55 Å². The average molecular weight is 506 g/mol. The molecule has 4 rings (SSSR count). The smallest absolute Gasteiger partial charge is 0.266 e. The van der Waals surface area contributed by atoms with Crippen LogP contribution in [0.2, 0.25) is 15.1 Å². The number of hydrogen-bond acceptors (Lipinski definition) is 4. The summed E-state index contributed by atoms with van der Waals surface area (Å²) in [6.07, 6.45) is -0.0984. The van der Waals surface area contributed by atoms with Gasteiger partial charge in [-0.3, -0.25) is 9.36 Å². The van der Waals surface area contributed by atoms with Crippen molar-refractivity contribution in [2.24, 2.45) is 0 Å². The van der Waals surface area contributed by atoms with Crippen LogP contribution in [-0.4, -0.2) is 15.7 Å². The summed E-state index contributed by atoms with van der Waals surface area (Å²) in [5.74, 6) is 1.07. The number of fused-ring (bicyclic) bond motifs is 1. The van der Waals surface area contributed by atoms with E-state index in [1.807, 2.05) is 44.2 Å². The average Bonchev–Trinajstić information content (AvgIpc) is 2.76. The van der Waals surface area contributed by atoms with Gasteiger partial charge in [0.05, 0.1) is 32.7 Å². The topological polar surface area (TPSA) is 44.1 Å². The molecule has 0 radical (unpaired) electrons. The highest BCUT2D eigenvalue weighted by Crippen LogP contribution is 2.35. The number of rotatable bonds is 6. The Morgan fingerprint density at radius 2 is 1.75 bits per heavy atom. The number of nitrogens with zero attached hydrogens (tertiary/aromatic N) is 2. The molecule has 0 amide bonds. The van der Waals surface area contributed by atoms with Crippen LogP contribution in [0.25, 0.3) is 16.6 Å². The maximum Gasteiger partial charge on any atom is 0.266 e. The van der Waals surface area contributed by atoms with Crippen molar-refractivity contribution in [3.8, 4) is 11.4 Å². The SMILES string of the molecule is CC(C)Oc1cc(-n2c(SCc3ccccc3)nc3ccc(Cl)cc3c2=O)c(Cl)cc1Cl. The molecule has 0 fully saturated rings. The normalized spacial score (nSPS) is 11.3. The molecule has 32 heavy (non-hydrogen) atoms. The Morgan fingerprint density at radius 1 is 1.00 bits per heavy atom. The molecule has 0 aliphatic rings. The molecule has 0 N–H and O–H groups in total. The van der Waals surface area contributed by atoms with Crippen molar-refractivity contribution in [3.63, 3.8) is 0 Å². The van der Waals surface area contributed by atoms with Gasteiger partial charge in [-0.25, -0.2) is 4.98 Å². The molecule has 4 nitrogen and oxygen atoms in total. The Labute approximate surface area is 205 Å². The van der Waals surface area contributed by atoms with Gasteiger partial charge in [-0.1, -0.05) is 76.9 Å². The monoisotopic (exact) mass is 504 g/mol. The van der Waals surface area contributed by atoms with E-state index in [9.17, 15) is 4.79 Å². The standard InChI is InChI=1S/C24H19Cl3N2O2S/c1-14(2)31-22-12-21(18(26)11-19(22)27)29-23(30)17-10-16(25)8-9-20(17)28-24(29)32-13-15-6-4-3-5-7-15/h3-12,14H,13H2,1-2H3. The third-order valence-electron chi connectivity index (χ3n) is 4.62. The minimum Gasteiger partial charge on any atom is -0.489 e. The summed E-state index contributed by atoms with van der Waals surface area (Å²) in [6, 6.07) is 18.3. The molecular weight excluding hydrogens is 487 g/mol. The van der Waals surface area contributed by atoms with Crippen molar-refractivity contribution in [3.05, 3.63) is 91.6 Å². The van der Waals surface area contributed by atoms with E-state index in [0.29, 0.717) is 48.3 Å². The highest BCUT2D eigenvalue weighted by molar-refractivity contribution is 7.98. The zero-order valence-corrected chi connectivity index (χ0v) is 20.4. The van der Waals surface area contributed by atoms with E-state index in [2.05, 4.69) is 0 Å². The summed E-state index contributed by atoms with van der Waals surface area (Å²) in [6.45, 7) is 3.80. The molecule has 1 heterocycles. The Bertz CT molecular complexity index is 1340. The van der Waals surface area contributed by atoms with Crippen molar-refractivity contribution < 1.29 is 4.74 Å². The Hall–Kier alpha value is -2.18. The molecule has 0 aliphatic heterocycles. The number of benzene rings is 3. The summed E-state index contributed by atoms with van der Waals surface area (Å²) >= 11 is 20.5. The van der Waals surface area contributed by atoms with Crippen molar-refractivity contribution >= 4 is 57.5 Å². The van der Waals surface area contributed by atoms with Gasteiger partial charge >= 0.3 is 0 Å². The fraction of sp³-hybridized carbons (Fsp3) is 0.167. The van der Waals surface area contributed by atoms with Crippen LogP contribution in [0.15, 0.2) is 70.6 Å². The molecule has 0 atom stereocenters. The van der Waals surface area contributed by atoms with E-state index in [4.69, 9.17) is 44.5 Å². The summed E-state index contributed by atoms with van der Waals surface area (Å²) < 4.78 is 7.32. The molecule has 0 spiro atoms. The summed E-state index contributed by atoms with van der Waals surface area (Å²) in [5.41, 5.74) is 1.85. The van der Waals surface area contributed by atoms with Gasteiger partial charge in [0, 0.05) is 16.8 Å². The molecular formula is C24H19Cl3N2O2S. The quantitative estimate of drug-likeness (QED) is 0.202. The molecule has 3 aromatic carbocycles. The highest BCUT2D eigenvalue weighted by atomic mass is 35.5. The van der Waals surface area contributed by atoms with Crippen LogP contribution in [-0.2, 0) is 5.75 Å². The molecule has 0 bridgehead atoms. The van der Waals surface area contributed by atoms with Gasteiger partial charge in [0.15, 0.2) is 5.16 Å². The molecule has 0 unspecified atom stereocenters. The van der Waals surface area contributed by atoms with Gasteiger partial charge in [-0.15, -0.1) is 0 Å². The lowest BCUT2D eigenvalue weighted by Crippen LogP contribution is -2.22. The first-order chi connectivity index (χ1) is 15.3. The zero-order valence-electron chi connectivity index (χ0n) is 17.3. The third kappa shape index (κ3) is 4.91. The maximum absolute atomic E-state index is 13.6. The summed E-state index contributed by atoms with van der Waals surface area (Å²) in [5, 5.41) is 2.06. The van der Waals surface area contributed by atoms with E-state index in [1.54, 1.807) is 30.3 Å². The number of aromatic nitrogens is 2. The van der Waals surface area contributed by atoms with Crippen molar-refractivity contribution in [2.75, 3.05) is 0 Å². The summed E-state index contributed by atoms with van der Waals surface area (Å²) in [4.78, 5) is 18.4. The van der Waals surface area contributed by atoms with Crippen LogP contribution < -0.4 is 10.3 Å². The molecule has 8 heteroatoms. The molecule has 0 aliphatic carbocycles. The second-order valence-electron chi connectivity index (χ2n) is 7.37. The number of thioether (sulfide) groups is 1. The largest absolute Gasteiger partial charge is 0.489 e. The second-order valence-corrected chi connectivity index (χ2v) is 9.56. The molecule has 164 valence electrons. The Balaban J connectivity index is 1.92. The van der Waals surface area contributed by atoms with Gasteiger partial charge in [0.2, 0.25) is 0 Å². The van der Waals surface area contributed by atoms with Gasteiger partial charge in [-0.05, 0) is 43.7 Å². The predicted molar refractivity (Wildman–Crippen MR) is 134 cm³/mol. The van der Waals surface area contributed by atoms with Gasteiger partial charge in [-0.2, -0.15) is 0 Å². The van der Waals surface area contributed by atoms with Crippen molar-refractivity contribution in [1.29, 1.82) is 0 Å². The predicted octanol–water partition coefficient (Wildman–Crippen LogP) is 7.43. The number of hydrogen-bond donors (Lipinski definition) is 0. The minimum absolute atomic E-state index is 0.0984. The van der Waals surface area contributed by atoms with Gasteiger partial charge < -0.3 is 4.74 Å². The van der Waals surface area contributed by atoms with E-state index >= 15 is 0 Å². The van der Waals surface area contributed by atoms with Gasteiger partial charge in [0.1, 0.15) is 5.75 Å². The highest BCUT2D eigenvalue weighted by Gasteiger charge is 2.19. The van der Waals surface area contributed by atoms with E-state index in [-0.39, 0.29) is 11.7 Å². The molecule has 0 saturated heterocycles. The van der Waals surface area contributed by atoms with Crippen LogP contribution in [0.4, 0.5) is 0 Å². The first-order valence-corrected chi connectivity index (χ1v) is 12.0. The molecule has 1 aromatic heterocycles. The fourth-order valence-electron chi connectivity index (χ4n) is 3.20. The van der Waals surface area contributed by atoms with E-state index < -0.39 is 0 Å². The molecule has 0 saturated carbocycles. The fourth-order valence-corrected chi connectivity index (χ4v) is 4.85. The Morgan fingerprint density at radius 3 is 2.47 bits per heavy atom. The lowest BCUT2D eigenvalue weighted by molar-refractivity contribution is 0.242. The lowest BCUT2D eigenvalue weighted by atomic mass is 10.2. The maximum atomic E-state index is 13.6. The van der Waals surface area contributed by atoms with Crippen LogP contribution >= 0.6 is 46.6 Å².